The van der Waals surface area contributed by atoms with Crippen molar-refractivity contribution in [1.82, 2.24) is 0 Å². The van der Waals surface area contributed by atoms with Gasteiger partial charge in [-0.1, -0.05) is 30.3 Å². The van der Waals surface area contributed by atoms with Gasteiger partial charge < -0.3 is 5.73 Å². The van der Waals surface area contributed by atoms with Gasteiger partial charge in [-0.05, 0) is 35.5 Å². The zero-order valence-corrected chi connectivity index (χ0v) is 8.76. The van der Waals surface area contributed by atoms with Crippen molar-refractivity contribution >= 4 is 11.3 Å². The quantitative estimate of drug-likeness (QED) is 0.815. The van der Waals surface area contributed by atoms with E-state index >= 15 is 0 Å². The van der Waals surface area contributed by atoms with Gasteiger partial charge in [0.05, 0.1) is 0 Å². The van der Waals surface area contributed by atoms with Crippen molar-refractivity contribution in [1.29, 1.82) is 0 Å². The summed E-state index contributed by atoms with van der Waals surface area (Å²) in [6, 6.07) is 12.8. The van der Waals surface area contributed by atoms with Crippen LogP contribution in [-0.2, 0) is 6.42 Å². The maximum atomic E-state index is 5.53. The molecule has 2 N–H and O–H groups in total. The lowest BCUT2D eigenvalue weighted by atomic mass is 10.1. The third-order valence-corrected chi connectivity index (χ3v) is 3.08. The topological polar surface area (TPSA) is 26.0 Å². The minimum atomic E-state index is 0.716. The maximum Gasteiger partial charge on any atom is 0.0342 e. The molecule has 0 saturated heterocycles. The summed E-state index contributed by atoms with van der Waals surface area (Å²) in [5, 5.41) is 2.10. The van der Waals surface area contributed by atoms with Crippen molar-refractivity contribution < 1.29 is 0 Å². The van der Waals surface area contributed by atoms with Gasteiger partial charge in [0.1, 0.15) is 0 Å². The smallest absolute Gasteiger partial charge is 0.0342 e. The molecule has 1 nitrogen and oxygen atoms in total. The van der Waals surface area contributed by atoms with Gasteiger partial charge in [-0.3, -0.25) is 0 Å². The minimum Gasteiger partial charge on any atom is -0.330 e. The first kappa shape index (κ1) is 9.44. The van der Waals surface area contributed by atoms with E-state index in [9.17, 15) is 0 Å². The molecule has 0 aliphatic heterocycles. The molecule has 0 atom stereocenters. The van der Waals surface area contributed by atoms with Crippen LogP contribution in [0.15, 0.2) is 41.8 Å². The van der Waals surface area contributed by atoms with Gasteiger partial charge in [-0.15, -0.1) is 11.3 Å². The van der Waals surface area contributed by atoms with E-state index in [0.717, 1.165) is 6.42 Å². The van der Waals surface area contributed by atoms with E-state index < -0.39 is 0 Å². The van der Waals surface area contributed by atoms with E-state index in [1.807, 2.05) is 0 Å². The van der Waals surface area contributed by atoms with E-state index in [2.05, 4.69) is 41.8 Å². The van der Waals surface area contributed by atoms with Gasteiger partial charge in [-0.2, -0.15) is 0 Å². The Hall–Kier alpha value is -1.12. The van der Waals surface area contributed by atoms with Crippen molar-refractivity contribution in [2.75, 3.05) is 6.54 Å². The molecule has 0 unspecified atom stereocenters. The number of rotatable bonds is 3. The molecule has 1 aromatic carbocycles. The second-order valence-electron chi connectivity index (χ2n) is 3.22. The van der Waals surface area contributed by atoms with Crippen molar-refractivity contribution in [3.8, 4) is 10.4 Å². The molecule has 2 rings (SSSR count). The van der Waals surface area contributed by atoms with Crippen LogP contribution in [0.3, 0.4) is 0 Å². The van der Waals surface area contributed by atoms with Gasteiger partial charge in [0, 0.05) is 4.88 Å². The number of hydrogen-bond donors (Lipinski definition) is 1. The average molecular weight is 203 g/mol. The van der Waals surface area contributed by atoms with Crippen molar-refractivity contribution in [2.24, 2.45) is 5.73 Å². The monoisotopic (exact) mass is 203 g/mol. The molecule has 0 saturated carbocycles. The van der Waals surface area contributed by atoms with Crippen LogP contribution in [0.4, 0.5) is 0 Å². The van der Waals surface area contributed by atoms with Crippen LogP contribution in [0, 0.1) is 0 Å². The Morgan fingerprint density at radius 1 is 1.14 bits per heavy atom. The molecule has 1 heterocycles. The predicted molar refractivity (Wildman–Crippen MR) is 62.5 cm³/mol. The Balaban J connectivity index is 2.31. The Bertz CT molecular complexity index is 392. The highest BCUT2D eigenvalue weighted by Crippen LogP contribution is 2.25. The Morgan fingerprint density at radius 3 is 2.79 bits per heavy atom. The standard InChI is InChI=1S/C12H13NS/c13-7-6-10-3-1-4-11(9-10)12-5-2-8-14-12/h1-5,8-9H,6-7,13H2. The predicted octanol–water partition coefficient (Wildman–Crippen LogP) is 2.92. The van der Waals surface area contributed by atoms with Crippen LogP contribution in [-0.4, -0.2) is 6.54 Å². The van der Waals surface area contributed by atoms with Gasteiger partial charge in [0.2, 0.25) is 0 Å². The highest BCUT2D eigenvalue weighted by Gasteiger charge is 1.98. The van der Waals surface area contributed by atoms with Crippen LogP contribution in [0.2, 0.25) is 0 Å². The molecule has 0 aliphatic rings. The lowest BCUT2D eigenvalue weighted by Crippen LogP contribution is -2.02. The molecule has 0 aliphatic carbocycles. The van der Waals surface area contributed by atoms with E-state index in [1.54, 1.807) is 11.3 Å². The third kappa shape index (κ3) is 2.03. The van der Waals surface area contributed by atoms with Gasteiger partial charge in [0.25, 0.3) is 0 Å². The summed E-state index contributed by atoms with van der Waals surface area (Å²) in [6.45, 7) is 0.716. The zero-order chi connectivity index (χ0) is 9.80. The molecule has 1 aromatic heterocycles. The summed E-state index contributed by atoms with van der Waals surface area (Å²) >= 11 is 1.77. The number of nitrogens with two attached hydrogens (primary N) is 1. The second-order valence-corrected chi connectivity index (χ2v) is 4.16. The van der Waals surface area contributed by atoms with Crippen LogP contribution in [0.25, 0.3) is 10.4 Å². The highest BCUT2D eigenvalue weighted by molar-refractivity contribution is 7.13. The maximum absolute atomic E-state index is 5.53. The largest absolute Gasteiger partial charge is 0.330 e. The lowest BCUT2D eigenvalue weighted by Gasteiger charge is -2.01. The average Bonchev–Trinajstić information content (AvgIpc) is 2.71. The van der Waals surface area contributed by atoms with Gasteiger partial charge in [0.15, 0.2) is 0 Å². The van der Waals surface area contributed by atoms with Gasteiger partial charge in [-0.25, -0.2) is 0 Å². The first-order valence-electron chi connectivity index (χ1n) is 4.73. The third-order valence-electron chi connectivity index (χ3n) is 2.17. The summed E-state index contributed by atoms with van der Waals surface area (Å²) in [5.74, 6) is 0. The fourth-order valence-electron chi connectivity index (χ4n) is 1.49. The first-order chi connectivity index (χ1) is 6.90. The zero-order valence-electron chi connectivity index (χ0n) is 7.94. The van der Waals surface area contributed by atoms with E-state index in [4.69, 9.17) is 5.73 Å². The summed E-state index contributed by atoms with van der Waals surface area (Å²) in [4.78, 5) is 1.32. The first-order valence-corrected chi connectivity index (χ1v) is 5.61. The molecule has 0 bridgehead atoms. The highest BCUT2D eigenvalue weighted by atomic mass is 32.1. The van der Waals surface area contributed by atoms with Crippen LogP contribution < -0.4 is 5.73 Å². The van der Waals surface area contributed by atoms with Crippen LogP contribution >= 0.6 is 11.3 Å². The number of benzene rings is 1. The van der Waals surface area contributed by atoms with E-state index in [0.29, 0.717) is 6.54 Å². The van der Waals surface area contributed by atoms with E-state index in [1.165, 1.54) is 16.0 Å². The van der Waals surface area contributed by atoms with Crippen LogP contribution in [0.5, 0.6) is 0 Å². The second kappa shape index (κ2) is 4.40. The Labute approximate surface area is 88.2 Å². The SMILES string of the molecule is NCCc1cccc(-c2cccs2)c1. The lowest BCUT2D eigenvalue weighted by molar-refractivity contribution is 0.969. The molecule has 0 radical (unpaired) electrons. The Morgan fingerprint density at radius 2 is 2.07 bits per heavy atom. The molecule has 2 aromatic rings. The van der Waals surface area contributed by atoms with E-state index in [-0.39, 0.29) is 0 Å². The minimum absolute atomic E-state index is 0.716. The van der Waals surface area contributed by atoms with Crippen LogP contribution in [0.1, 0.15) is 5.56 Å². The Kier molecular flexibility index (Phi) is 2.96. The number of hydrogen-bond acceptors (Lipinski definition) is 2. The molecular weight excluding hydrogens is 190 g/mol. The fourth-order valence-corrected chi connectivity index (χ4v) is 2.21. The molecule has 2 heteroatoms. The molecule has 72 valence electrons. The number of thiophene rings is 1. The van der Waals surface area contributed by atoms with Crippen molar-refractivity contribution in [3.63, 3.8) is 0 Å². The summed E-state index contributed by atoms with van der Waals surface area (Å²) in [7, 11) is 0. The van der Waals surface area contributed by atoms with Gasteiger partial charge >= 0.3 is 0 Å². The van der Waals surface area contributed by atoms with Crippen molar-refractivity contribution in [3.05, 3.63) is 47.3 Å². The summed E-state index contributed by atoms with van der Waals surface area (Å²) in [5.41, 5.74) is 8.15. The molecule has 0 spiro atoms. The molecule has 14 heavy (non-hydrogen) atoms. The summed E-state index contributed by atoms with van der Waals surface area (Å²) in [6.07, 6.45) is 0.958. The van der Waals surface area contributed by atoms with Crippen molar-refractivity contribution in [2.45, 2.75) is 6.42 Å². The molecule has 0 amide bonds. The molecular formula is C12H13NS. The fraction of sp³-hybridized carbons (Fsp3) is 0.167. The normalized spacial score (nSPS) is 10.4. The molecule has 0 fully saturated rings. The summed E-state index contributed by atoms with van der Waals surface area (Å²) < 4.78 is 0.